The van der Waals surface area contributed by atoms with Crippen molar-refractivity contribution in [1.29, 1.82) is 0 Å². The van der Waals surface area contributed by atoms with Crippen LogP contribution < -0.4 is 14.5 Å². The first-order valence-corrected chi connectivity index (χ1v) is 10.6. The number of hydrogen-bond donors (Lipinski definition) is 0. The van der Waals surface area contributed by atoms with Crippen molar-refractivity contribution in [3.8, 4) is 5.75 Å². The number of methoxy groups -OCH3 is 1. The van der Waals surface area contributed by atoms with Crippen molar-refractivity contribution < 1.29 is 14.3 Å². The van der Waals surface area contributed by atoms with Crippen molar-refractivity contribution in [2.75, 3.05) is 43.1 Å². The number of imide groups is 1. The van der Waals surface area contributed by atoms with E-state index in [1.165, 1.54) is 10.5 Å². The number of nitrogens with zero attached hydrogens (tertiary/aromatic N) is 3. The van der Waals surface area contributed by atoms with E-state index in [1.807, 2.05) is 42.5 Å². The van der Waals surface area contributed by atoms with Gasteiger partial charge in [-0.2, -0.15) is 0 Å². The van der Waals surface area contributed by atoms with Crippen LogP contribution in [0.1, 0.15) is 31.7 Å². The minimum Gasteiger partial charge on any atom is -0.495 e. The summed E-state index contributed by atoms with van der Waals surface area (Å²) in [6.45, 7) is 7.32. The first kappa shape index (κ1) is 20.4. The van der Waals surface area contributed by atoms with E-state index >= 15 is 0 Å². The number of carbonyl (C=O) groups excluding carboxylic acids is 2. The highest BCUT2D eigenvalue weighted by atomic mass is 16.5. The molecule has 2 heterocycles. The van der Waals surface area contributed by atoms with E-state index in [0.717, 1.165) is 37.6 Å². The Hall–Kier alpha value is -2.86. The van der Waals surface area contributed by atoms with Gasteiger partial charge in [0, 0.05) is 26.2 Å². The van der Waals surface area contributed by atoms with Crippen LogP contribution in [-0.4, -0.2) is 56.0 Å². The number of hydrogen-bond acceptors (Lipinski definition) is 5. The summed E-state index contributed by atoms with van der Waals surface area (Å²) in [6, 6.07) is 15.4. The maximum atomic E-state index is 13.1. The zero-order valence-electron chi connectivity index (χ0n) is 17.9. The van der Waals surface area contributed by atoms with E-state index in [-0.39, 0.29) is 24.3 Å². The van der Waals surface area contributed by atoms with Gasteiger partial charge in [0.05, 0.1) is 30.9 Å². The fraction of sp³-hybridized carbons (Fsp3) is 0.417. The Labute approximate surface area is 178 Å². The molecule has 2 aliphatic heterocycles. The first-order valence-electron chi connectivity index (χ1n) is 10.6. The van der Waals surface area contributed by atoms with Gasteiger partial charge in [0.15, 0.2) is 0 Å². The van der Waals surface area contributed by atoms with E-state index in [0.29, 0.717) is 11.6 Å². The first-order chi connectivity index (χ1) is 14.5. The summed E-state index contributed by atoms with van der Waals surface area (Å²) in [6.07, 6.45) is 0.249. The molecule has 0 aromatic heterocycles. The third kappa shape index (κ3) is 3.79. The van der Waals surface area contributed by atoms with Gasteiger partial charge in [-0.05, 0) is 35.7 Å². The van der Waals surface area contributed by atoms with Crippen LogP contribution in [0.2, 0.25) is 0 Å². The second kappa shape index (κ2) is 8.48. The molecule has 0 N–H and O–H groups in total. The fourth-order valence-electron chi connectivity index (χ4n) is 4.35. The summed E-state index contributed by atoms with van der Waals surface area (Å²) >= 11 is 0. The van der Waals surface area contributed by atoms with Gasteiger partial charge in [-0.15, -0.1) is 0 Å². The molecule has 0 aliphatic carbocycles. The van der Waals surface area contributed by atoms with E-state index in [4.69, 9.17) is 4.74 Å². The van der Waals surface area contributed by atoms with Crippen molar-refractivity contribution >= 4 is 23.2 Å². The zero-order valence-corrected chi connectivity index (χ0v) is 17.9. The predicted molar refractivity (Wildman–Crippen MR) is 118 cm³/mol. The summed E-state index contributed by atoms with van der Waals surface area (Å²) in [5.74, 6) is 1.04. The number of carbonyl (C=O) groups is 2. The molecule has 1 atom stereocenters. The van der Waals surface area contributed by atoms with Crippen molar-refractivity contribution in [3.05, 3.63) is 54.1 Å². The Balaban J connectivity index is 1.43. The molecule has 0 radical (unpaired) electrons. The van der Waals surface area contributed by atoms with Crippen LogP contribution in [0.15, 0.2) is 48.5 Å². The molecule has 6 nitrogen and oxygen atoms in total. The molecule has 2 saturated heterocycles. The van der Waals surface area contributed by atoms with Gasteiger partial charge in [0.25, 0.3) is 5.91 Å². The van der Waals surface area contributed by atoms with Gasteiger partial charge in [-0.1, -0.05) is 38.1 Å². The molecule has 4 rings (SSSR count). The summed E-state index contributed by atoms with van der Waals surface area (Å²) in [5, 5.41) is 0. The summed E-state index contributed by atoms with van der Waals surface area (Å²) in [5.41, 5.74) is 2.94. The second-order valence-corrected chi connectivity index (χ2v) is 8.23. The Morgan fingerprint density at radius 3 is 2.23 bits per heavy atom. The molecule has 2 aromatic rings. The topological polar surface area (TPSA) is 53.1 Å². The maximum Gasteiger partial charge on any atom is 0.251 e. The Morgan fingerprint density at radius 1 is 0.933 bits per heavy atom. The van der Waals surface area contributed by atoms with E-state index < -0.39 is 0 Å². The minimum absolute atomic E-state index is 0.108. The normalized spacial score (nSPS) is 20.3. The number of piperazine rings is 1. The van der Waals surface area contributed by atoms with Gasteiger partial charge in [0.2, 0.25) is 5.91 Å². The summed E-state index contributed by atoms with van der Waals surface area (Å²) < 4.78 is 5.48. The van der Waals surface area contributed by atoms with Crippen molar-refractivity contribution in [3.63, 3.8) is 0 Å². The molecule has 30 heavy (non-hydrogen) atoms. The molecule has 0 unspecified atom stereocenters. The molecule has 0 saturated carbocycles. The van der Waals surface area contributed by atoms with Crippen molar-refractivity contribution in [2.45, 2.75) is 32.2 Å². The van der Waals surface area contributed by atoms with E-state index in [2.05, 4.69) is 29.7 Å². The van der Waals surface area contributed by atoms with E-state index in [1.54, 1.807) is 7.11 Å². The van der Waals surface area contributed by atoms with E-state index in [9.17, 15) is 9.59 Å². The molecule has 158 valence electrons. The van der Waals surface area contributed by atoms with Crippen LogP contribution in [0.25, 0.3) is 0 Å². The predicted octanol–water partition coefficient (Wildman–Crippen LogP) is 3.27. The standard InChI is InChI=1S/C24H29N3O3/c1-17(2)18-8-10-19(11-9-18)27-23(28)16-21(24(27)29)26-14-12-25(13-15-26)20-6-4-5-7-22(20)30-3/h4-11,17,21H,12-16H2,1-3H3/t21-/m1/s1. The largest absolute Gasteiger partial charge is 0.495 e. The molecule has 0 spiro atoms. The highest BCUT2D eigenvalue weighted by Gasteiger charge is 2.43. The van der Waals surface area contributed by atoms with Crippen LogP contribution in [-0.2, 0) is 9.59 Å². The van der Waals surface area contributed by atoms with Crippen molar-refractivity contribution in [2.24, 2.45) is 0 Å². The molecule has 2 fully saturated rings. The maximum absolute atomic E-state index is 13.1. The fourth-order valence-corrected chi connectivity index (χ4v) is 4.35. The van der Waals surface area contributed by atoms with Crippen LogP contribution in [0.5, 0.6) is 5.75 Å². The monoisotopic (exact) mass is 407 g/mol. The Morgan fingerprint density at radius 2 is 1.60 bits per heavy atom. The minimum atomic E-state index is -0.373. The second-order valence-electron chi connectivity index (χ2n) is 8.23. The molecule has 6 heteroatoms. The average molecular weight is 408 g/mol. The molecule has 2 aromatic carbocycles. The van der Waals surface area contributed by atoms with Crippen LogP contribution >= 0.6 is 0 Å². The lowest BCUT2D eigenvalue weighted by molar-refractivity contribution is -0.123. The van der Waals surface area contributed by atoms with Crippen molar-refractivity contribution in [1.82, 2.24) is 4.90 Å². The smallest absolute Gasteiger partial charge is 0.251 e. The third-order valence-corrected chi connectivity index (χ3v) is 6.12. The number of para-hydroxylation sites is 2. The lowest BCUT2D eigenvalue weighted by Crippen LogP contribution is -2.52. The van der Waals surface area contributed by atoms with Gasteiger partial charge in [-0.3, -0.25) is 14.5 Å². The van der Waals surface area contributed by atoms with Gasteiger partial charge in [0.1, 0.15) is 5.75 Å². The number of rotatable bonds is 5. The highest BCUT2D eigenvalue weighted by molar-refractivity contribution is 6.22. The molecule has 2 amide bonds. The quantitative estimate of drug-likeness (QED) is 0.712. The summed E-state index contributed by atoms with van der Waals surface area (Å²) in [4.78, 5) is 31.6. The number of benzene rings is 2. The summed E-state index contributed by atoms with van der Waals surface area (Å²) in [7, 11) is 1.68. The molecule has 0 bridgehead atoms. The van der Waals surface area contributed by atoms with Gasteiger partial charge >= 0.3 is 0 Å². The highest BCUT2D eigenvalue weighted by Crippen LogP contribution is 2.31. The van der Waals surface area contributed by atoms with Gasteiger partial charge < -0.3 is 9.64 Å². The van der Waals surface area contributed by atoms with Crippen LogP contribution in [0.4, 0.5) is 11.4 Å². The lowest BCUT2D eigenvalue weighted by Gasteiger charge is -2.38. The SMILES string of the molecule is COc1ccccc1N1CCN([C@@H]2CC(=O)N(c3ccc(C(C)C)cc3)C2=O)CC1. The third-order valence-electron chi connectivity index (χ3n) is 6.12. The lowest BCUT2D eigenvalue weighted by atomic mass is 10.0. The van der Waals surface area contributed by atoms with Crippen LogP contribution in [0, 0.1) is 0 Å². The van der Waals surface area contributed by atoms with Crippen LogP contribution in [0.3, 0.4) is 0 Å². The number of anilines is 2. The average Bonchev–Trinajstić information content (AvgIpc) is 3.07. The molecule has 2 aliphatic rings. The Bertz CT molecular complexity index is 918. The molecular formula is C24H29N3O3. The van der Waals surface area contributed by atoms with Gasteiger partial charge in [-0.25, -0.2) is 4.90 Å². The number of ether oxygens (including phenoxy) is 1. The molecular weight excluding hydrogens is 378 g/mol. The zero-order chi connectivity index (χ0) is 21.3. The number of amides is 2. The Kier molecular flexibility index (Phi) is 5.77.